The Morgan fingerprint density at radius 2 is 0.875 bits per heavy atom. The lowest BCUT2D eigenvalue weighted by Gasteiger charge is -2.05. The fraction of sp³-hybridized carbons (Fsp3) is 0.211. The Morgan fingerprint density at radius 1 is 0.500 bits per heavy atom. The number of para-hydroxylation sites is 2. The van der Waals surface area contributed by atoms with Crippen LogP contribution < -0.4 is 19.1 Å². The lowest BCUT2D eigenvalue weighted by molar-refractivity contribution is 0.415. The molecule has 2 heterocycles. The van der Waals surface area contributed by atoms with Crippen molar-refractivity contribution in [3.63, 3.8) is 0 Å². The summed E-state index contributed by atoms with van der Waals surface area (Å²) in [6.45, 7) is 1.86. The Bertz CT molecular complexity index is 1820. The highest BCUT2D eigenvalue weighted by Crippen LogP contribution is 2.27. The van der Waals surface area contributed by atoms with Gasteiger partial charge in [0, 0.05) is 25.5 Å². The van der Waals surface area contributed by atoms with Crippen LogP contribution in [0, 0.1) is 0 Å². The minimum absolute atomic E-state index is 0. The highest BCUT2D eigenvalue weighted by Gasteiger charge is 2.09. The quantitative estimate of drug-likeness (QED) is 0.109. The summed E-state index contributed by atoms with van der Waals surface area (Å²) in [6.07, 6.45) is 8.96. The van der Waals surface area contributed by atoms with Crippen molar-refractivity contribution in [1.82, 2.24) is 9.13 Å². The Morgan fingerprint density at radius 3 is 1.23 bits per heavy atom. The van der Waals surface area contributed by atoms with Gasteiger partial charge in [-0.2, -0.15) is 0 Å². The van der Waals surface area contributed by atoms with Crippen LogP contribution in [-0.4, -0.2) is 23.4 Å². The third-order valence-corrected chi connectivity index (χ3v) is 9.84. The molecular weight excluding hydrogens is 768 g/mol. The molecule has 6 rings (SSSR count). The van der Waals surface area contributed by atoms with Crippen LogP contribution >= 0.6 is 56.6 Å². The molecule has 250 valence electrons. The van der Waals surface area contributed by atoms with Gasteiger partial charge in [0.25, 0.3) is 0 Å². The molecule has 0 bridgehead atoms. The summed E-state index contributed by atoms with van der Waals surface area (Å²) in [5, 5.41) is 0. The van der Waals surface area contributed by atoms with E-state index in [1.807, 2.05) is 60.7 Å². The van der Waals surface area contributed by atoms with Crippen LogP contribution in [0.4, 0.5) is 11.4 Å². The van der Waals surface area contributed by atoms with E-state index in [4.69, 9.17) is 19.5 Å². The van der Waals surface area contributed by atoms with E-state index < -0.39 is 0 Å². The highest BCUT2D eigenvalue weighted by atomic mass is 79.9. The van der Waals surface area contributed by atoms with Gasteiger partial charge in [0.15, 0.2) is 9.60 Å². The molecule has 0 amide bonds. The van der Waals surface area contributed by atoms with Crippen molar-refractivity contribution in [3.05, 3.63) is 131 Å². The molecule has 0 spiro atoms. The molecule has 0 saturated heterocycles. The molecule has 6 nitrogen and oxygen atoms in total. The van der Waals surface area contributed by atoms with Crippen molar-refractivity contribution in [2.75, 3.05) is 14.2 Å². The normalized spacial score (nSPS) is 11.5. The zero-order valence-corrected chi connectivity index (χ0v) is 32.1. The first-order valence-electron chi connectivity index (χ1n) is 15.6. The lowest BCUT2D eigenvalue weighted by Crippen LogP contribution is -2.14. The number of halogens is 2. The third kappa shape index (κ3) is 9.92. The largest absolute Gasteiger partial charge is 0.497 e. The van der Waals surface area contributed by atoms with Gasteiger partial charge in [0.05, 0.1) is 35.3 Å². The summed E-state index contributed by atoms with van der Waals surface area (Å²) in [7, 11) is 3.39. The van der Waals surface area contributed by atoms with Gasteiger partial charge in [-0.3, -0.25) is 0 Å². The second-order valence-electron chi connectivity index (χ2n) is 10.9. The highest BCUT2D eigenvalue weighted by molar-refractivity contribution is 8.93. The van der Waals surface area contributed by atoms with Crippen LogP contribution in [-0.2, 0) is 13.1 Å². The van der Waals surface area contributed by atoms with E-state index in [9.17, 15) is 0 Å². The van der Waals surface area contributed by atoms with E-state index in [0.717, 1.165) is 71.2 Å². The lowest BCUT2D eigenvalue weighted by atomic mass is 10.2. The van der Waals surface area contributed by atoms with Crippen molar-refractivity contribution in [2.45, 2.75) is 38.8 Å². The van der Waals surface area contributed by atoms with E-state index in [1.54, 1.807) is 36.9 Å². The first-order chi connectivity index (χ1) is 22.7. The fourth-order valence-electron chi connectivity index (χ4n) is 5.18. The molecule has 0 aliphatic heterocycles. The number of aromatic nitrogens is 2. The van der Waals surface area contributed by atoms with E-state index in [-0.39, 0.29) is 34.0 Å². The molecule has 2 aromatic heterocycles. The Hall–Kier alpha value is -3.70. The second-order valence-corrected chi connectivity index (χ2v) is 12.9. The summed E-state index contributed by atoms with van der Waals surface area (Å²) in [5.41, 5.74) is 4.29. The van der Waals surface area contributed by atoms with Crippen LogP contribution in [0.15, 0.2) is 132 Å². The number of hydrogen-bond acceptors (Lipinski definition) is 6. The number of ether oxygens (including phenoxy) is 2. The van der Waals surface area contributed by atoms with E-state index in [0.29, 0.717) is 0 Å². The first kappa shape index (κ1) is 37.1. The maximum atomic E-state index is 5.36. The molecule has 0 atom stereocenters. The van der Waals surface area contributed by atoms with Crippen molar-refractivity contribution >= 4 is 68.0 Å². The standard InChI is InChI=1S/C38H38N4O2S2.2BrH/c1-43-33-21-17-29(18-22-33)35-27-41(37(45-35)39-31-13-7-5-8-14-31)25-11-3-4-12-26-42-28-36(30-19-23-34(44-2)24-20-30)46-38(42)40-32-15-9-6-10-16-32;;/h5-10,13-24,27-28H,3-4,11-12,25-26H2,1-2H3;2*1H. The van der Waals surface area contributed by atoms with Gasteiger partial charge in [-0.1, -0.05) is 71.9 Å². The monoisotopic (exact) mass is 806 g/mol. The first-order valence-corrected chi connectivity index (χ1v) is 17.2. The number of nitrogens with zero attached hydrogens (tertiary/aromatic N) is 4. The zero-order valence-electron chi connectivity index (χ0n) is 27.0. The Kier molecular flexibility index (Phi) is 14.5. The zero-order chi connectivity index (χ0) is 31.6. The SMILES string of the molecule is Br.Br.COc1ccc(-c2cn(CCCCCCn3cc(-c4ccc(OC)cc4)sc3=Nc3ccccc3)c(=Nc3ccccc3)s2)cc1. The van der Waals surface area contributed by atoms with Crippen LogP contribution in [0.25, 0.3) is 20.9 Å². The smallest absolute Gasteiger partial charge is 0.190 e. The average molecular weight is 809 g/mol. The Balaban J connectivity index is 0.00000260. The van der Waals surface area contributed by atoms with Gasteiger partial charge >= 0.3 is 0 Å². The summed E-state index contributed by atoms with van der Waals surface area (Å²) in [5.74, 6) is 1.72. The summed E-state index contributed by atoms with van der Waals surface area (Å²) >= 11 is 3.45. The predicted octanol–water partition coefficient (Wildman–Crippen LogP) is 10.6. The van der Waals surface area contributed by atoms with Gasteiger partial charge in [0.1, 0.15) is 11.5 Å². The minimum Gasteiger partial charge on any atom is -0.497 e. The molecule has 0 aliphatic rings. The summed E-state index contributed by atoms with van der Waals surface area (Å²) in [4.78, 5) is 14.4. The third-order valence-electron chi connectivity index (χ3n) is 7.70. The van der Waals surface area contributed by atoms with Gasteiger partial charge in [-0.05, 0) is 96.8 Å². The van der Waals surface area contributed by atoms with Crippen molar-refractivity contribution in [2.24, 2.45) is 9.98 Å². The van der Waals surface area contributed by atoms with Crippen LogP contribution in [0.1, 0.15) is 25.7 Å². The molecule has 0 radical (unpaired) electrons. The van der Waals surface area contributed by atoms with Crippen molar-refractivity contribution in [3.8, 4) is 32.4 Å². The van der Waals surface area contributed by atoms with Gasteiger partial charge in [-0.15, -0.1) is 34.0 Å². The van der Waals surface area contributed by atoms with E-state index in [2.05, 4.69) is 70.1 Å². The number of thiazole rings is 2. The van der Waals surface area contributed by atoms with Crippen LogP contribution in [0.3, 0.4) is 0 Å². The summed E-state index contributed by atoms with van der Waals surface area (Å²) in [6, 6.07) is 36.9. The maximum Gasteiger partial charge on any atom is 0.190 e. The Labute approximate surface area is 311 Å². The molecule has 0 aliphatic carbocycles. The molecule has 0 saturated carbocycles. The molecule has 48 heavy (non-hydrogen) atoms. The topological polar surface area (TPSA) is 53.0 Å². The predicted molar refractivity (Wildman–Crippen MR) is 211 cm³/mol. The fourth-order valence-corrected chi connectivity index (χ4v) is 7.26. The number of unbranched alkanes of at least 4 members (excludes halogenated alkanes) is 3. The number of hydrogen-bond donors (Lipinski definition) is 0. The van der Waals surface area contributed by atoms with Gasteiger partial charge in [-0.25, -0.2) is 9.98 Å². The number of benzene rings is 4. The number of aryl methyl sites for hydroxylation is 2. The molecule has 10 heteroatoms. The molecule has 0 N–H and O–H groups in total. The molecule has 0 fully saturated rings. The van der Waals surface area contributed by atoms with Crippen LogP contribution in [0.2, 0.25) is 0 Å². The number of rotatable bonds is 13. The van der Waals surface area contributed by atoms with E-state index >= 15 is 0 Å². The minimum atomic E-state index is 0. The number of methoxy groups -OCH3 is 2. The van der Waals surface area contributed by atoms with Crippen molar-refractivity contribution < 1.29 is 9.47 Å². The van der Waals surface area contributed by atoms with E-state index in [1.165, 1.54) is 20.9 Å². The molecule has 6 aromatic rings. The molecule has 0 unspecified atom stereocenters. The van der Waals surface area contributed by atoms with Crippen LogP contribution in [0.5, 0.6) is 11.5 Å². The maximum absolute atomic E-state index is 5.36. The molecule has 4 aromatic carbocycles. The van der Waals surface area contributed by atoms with Crippen molar-refractivity contribution in [1.29, 1.82) is 0 Å². The second kappa shape index (κ2) is 18.7. The van der Waals surface area contributed by atoms with Gasteiger partial charge < -0.3 is 18.6 Å². The summed E-state index contributed by atoms with van der Waals surface area (Å²) < 4.78 is 15.3. The van der Waals surface area contributed by atoms with Gasteiger partial charge in [0.2, 0.25) is 0 Å². The average Bonchev–Trinajstić information content (AvgIpc) is 3.70. The molecular formula is C38H40Br2N4O2S2.